The topological polar surface area (TPSA) is 9.23 Å². The smallest absolute Gasteiger partial charge is 0.0491 e. The molecule has 1 atom stereocenters. The molecule has 113 valence electrons. The number of allylic oxidation sites excluding steroid dienone is 2. The van der Waals surface area contributed by atoms with E-state index in [9.17, 15) is 0 Å². The maximum Gasteiger partial charge on any atom is 0.0491 e. The van der Waals surface area contributed by atoms with Gasteiger partial charge in [-0.1, -0.05) is 64.5 Å². The highest BCUT2D eigenvalue weighted by atomic mass is 16.5. The lowest BCUT2D eigenvalue weighted by Gasteiger charge is -2.06. The van der Waals surface area contributed by atoms with Crippen molar-refractivity contribution >= 4 is 0 Å². The molecule has 1 heteroatoms. The van der Waals surface area contributed by atoms with Crippen molar-refractivity contribution < 1.29 is 4.74 Å². The lowest BCUT2D eigenvalue weighted by molar-refractivity contribution is 0.112. The number of hydrogen-bond acceptors (Lipinski definition) is 1. The maximum atomic E-state index is 5.52. The summed E-state index contributed by atoms with van der Waals surface area (Å²) in [6, 6.07) is 0. The minimum absolute atomic E-state index is 0.422. The molecule has 0 aromatic heterocycles. The van der Waals surface area contributed by atoms with Gasteiger partial charge >= 0.3 is 0 Å². The minimum Gasteiger partial charge on any atom is -0.381 e. The van der Waals surface area contributed by atoms with Crippen molar-refractivity contribution in [3.8, 4) is 0 Å². The van der Waals surface area contributed by atoms with Crippen molar-refractivity contribution in [1.82, 2.24) is 0 Å². The third kappa shape index (κ3) is 17.7. The summed E-state index contributed by atoms with van der Waals surface area (Å²) in [6.07, 6.45) is 17.9. The molecule has 19 heavy (non-hydrogen) atoms. The van der Waals surface area contributed by atoms with Crippen LogP contribution in [0.25, 0.3) is 0 Å². The van der Waals surface area contributed by atoms with Gasteiger partial charge in [-0.15, -0.1) is 0 Å². The molecule has 1 nitrogen and oxygen atoms in total. The number of unbranched alkanes of at least 4 members (excludes halogenated alkanes) is 8. The lowest BCUT2D eigenvalue weighted by atomic mass is 10.1. The molecule has 0 amide bonds. The fraction of sp³-hybridized carbons (Fsp3) is 0.833. The molecular weight excluding hydrogens is 232 g/mol. The average molecular weight is 267 g/mol. The highest BCUT2D eigenvalue weighted by Gasteiger charge is 1.94. The van der Waals surface area contributed by atoms with Gasteiger partial charge in [-0.05, 0) is 38.5 Å². The Labute approximate surface area is 121 Å². The van der Waals surface area contributed by atoms with Gasteiger partial charge < -0.3 is 4.74 Å². The van der Waals surface area contributed by atoms with Crippen molar-refractivity contribution in [3.05, 3.63) is 19.1 Å². The van der Waals surface area contributed by atoms with Gasteiger partial charge in [0.2, 0.25) is 0 Å². The summed E-state index contributed by atoms with van der Waals surface area (Å²) >= 11 is 0. The Kier molecular flexibility index (Phi) is 15.5. The highest BCUT2D eigenvalue weighted by Crippen LogP contribution is 2.08. The summed E-state index contributed by atoms with van der Waals surface area (Å²) in [5.41, 5.74) is 0. The quantitative estimate of drug-likeness (QED) is 0.279. The molecule has 0 aliphatic carbocycles. The van der Waals surface area contributed by atoms with Crippen LogP contribution in [0.4, 0.5) is 0 Å². The Bertz CT molecular complexity index is 184. The van der Waals surface area contributed by atoms with Gasteiger partial charge in [0.1, 0.15) is 0 Å². The van der Waals surface area contributed by atoms with Crippen LogP contribution in [0, 0.1) is 12.8 Å². The van der Waals surface area contributed by atoms with Gasteiger partial charge in [-0.25, -0.2) is 0 Å². The Morgan fingerprint density at radius 1 is 0.895 bits per heavy atom. The van der Waals surface area contributed by atoms with E-state index in [2.05, 4.69) is 32.9 Å². The van der Waals surface area contributed by atoms with Crippen molar-refractivity contribution in [2.24, 2.45) is 5.92 Å². The van der Waals surface area contributed by atoms with Crippen molar-refractivity contribution in [3.63, 3.8) is 0 Å². The highest BCUT2D eigenvalue weighted by molar-refractivity contribution is 4.81. The molecule has 0 fully saturated rings. The van der Waals surface area contributed by atoms with E-state index in [1.165, 1.54) is 64.2 Å². The first kappa shape index (κ1) is 18.7. The Balaban J connectivity index is 3.01. The molecule has 0 rings (SSSR count). The first-order chi connectivity index (χ1) is 9.27. The van der Waals surface area contributed by atoms with Gasteiger partial charge in [0.05, 0.1) is 0 Å². The summed E-state index contributed by atoms with van der Waals surface area (Å²) < 4.78 is 5.52. The minimum atomic E-state index is 0.422. The van der Waals surface area contributed by atoms with E-state index in [4.69, 9.17) is 4.74 Å². The summed E-state index contributed by atoms with van der Waals surface area (Å²) in [4.78, 5) is 0. The third-order valence-corrected chi connectivity index (χ3v) is 3.20. The van der Waals surface area contributed by atoms with Crippen LogP contribution in [0.2, 0.25) is 0 Å². The van der Waals surface area contributed by atoms with Crippen LogP contribution < -0.4 is 0 Å². The van der Waals surface area contributed by atoms with E-state index >= 15 is 0 Å². The van der Waals surface area contributed by atoms with Crippen molar-refractivity contribution in [2.45, 2.75) is 78.1 Å². The third-order valence-electron chi connectivity index (χ3n) is 3.20. The Hall–Kier alpha value is -0.300. The van der Waals surface area contributed by atoms with Gasteiger partial charge in [0, 0.05) is 13.2 Å². The molecule has 1 radical (unpaired) electrons. The lowest BCUT2D eigenvalue weighted by Crippen LogP contribution is -2.03. The van der Waals surface area contributed by atoms with Crippen LogP contribution in [0.1, 0.15) is 78.1 Å². The van der Waals surface area contributed by atoms with Gasteiger partial charge in [-0.2, -0.15) is 0 Å². The van der Waals surface area contributed by atoms with E-state index in [-0.39, 0.29) is 0 Å². The monoisotopic (exact) mass is 267 g/mol. The van der Waals surface area contributed by atoms with Crippen molar-refractivity contribution in [2.75, 3.05) is 13.2 Å². The van der Waals surface area contributed by atoms with E-state index < -0.39 is 0 Å². The standard InChI is InChI=1S/C18H35O/c1-4-5-6-7-8-9-10-11-12-13-14-15-16-19-17-18(2)3/h7-8,18H,2,4-6,9-17H2,1,3H3/b8-7-. The maximum absolute atomic E-state index is 5.52. The predicted molar refractivity (Wildman–Crippen MR) is 86.3 cm³/mol. The summed E-state index contributed by atoms with van der Waals surface area (Å²) in [5, 5.41) is 0. The number of hydrogen-bond donors (Lipinski definition) is 0. The molecule has 0 saturated heterocycles. The molecular formula is C18H35O. The van der Waals surface area contributed by atoms with Crippen LogP contribution in [-0.2, 0) is 4.74 Å². The second-order valence-corrected chi connectivity index (χ2v) is 5.70. The second-order valence-electron chi connectivity index (χ2n) is 5.70. The van der Waals surface area contributed by atoms with E-state index in [0.717, 1.165) is 13.2 Å². The molecule has 0 aromatic carbocycles. The predicted octanol–water partition coefficient (Wildman–Crippen LogP) is 5.95. The van der Waals surface area contributed by atoms with E-state index in [1.54, 1.807) is 0 Å². The summed E-state index contributed by atoms with van der Waals surface area (Å²) in [5.74, 6) is 0.422. The zero-order valence-corrected chi connectivity index (χ0v) is 13.3. The van der Waals surface area contributed by atoms with Crippen LogP contribution in [0.3, 0.4) is 0 Å². The van der Waals surface area contributed by atoms with Crippen LogP contribution in [-0.4, -0.2) is 13.2 Å². The largest absolute Gasteiger partial charge is 0.381 e. The summed E-state index contributed by atoms with van der Waals surface area (Å²) in [7, 11) is 0. The van der Waals surface area contributed by atoms with Crippen molar-refractivity contribution in [1.29, 1.82) is 0 Å². The van der Waals surface area contributed by atoms with Crippen LogP contribution in [0.5, 0.6) is 0 Å². The number of rotatable bonds is 14. The summed E-state index contributed by atoms with van der Waals surface area (Å²) in [6.45, 7) is 9.98. The molecule has 0 bridgehead atoms. The van der Waals surface area contributed by atoms with Gasteiger partial charge in [0.25, 0.3) is 0 Å². The Morgan fingerprint density at radius 2 is 1.47 bits per heavy atom. The molecule has 0 aliphatic heterocycles. The van der Waals surface area contributed by atoms with Gasteiger partial charge in [-0.3, -0.25) is 0 Å². The first-order valence-electron chi connectivity index (χ1n) is 8.33. The molecule has 0 aromatic rings. The second kappa shape index (κ2) is 15.8. The zero-order valence-electron chi connectivity index (χ0n) is 13.3. The fourth-order valence-corrected chi connectivity index (χ4v) is 2.02. The SMILES string of the molecule is [CH2]C(C)COCCCCCCCC/C=C\CCCC. The molecule has 1 unspecified atom stereocenters. The molecule has 0 aliphatic rings. The van der Waals surface area contributed by atoms with Crippen LogP contribution in [0.15, 0.2) is 12.2 Å². The van der Waals surface area contributed by atoms with Gasteiger partial charge in [0.15, 0.2) is 0 Å². The molecule has 0 heterocycles. The first-order valence-corrected chi connectivity index (χ1v) is 8.33. The normalized spacial score (nSPS) is 11.8. The molecule has 0 spiro atoms. The Morgan fingerprint density at radius 3 is 2.11 bits per heavy atom. The average Bonchev–Trinajstić information content (AvgIpc) is 2.39. The van der Waals surface area contributed by atoms with E-state index in [0.29, 0.717) is 5.92 Å². The fourth-order valence-electron chi connectivity index (χ4n) is 2.02. The van der Waals surface area contributed by atoms with E-state index in [1.807, 2.05) is 0 Å². The number of ether oxygens (including phenoxy) is 1. The molecule has 0 N–H and O–H groups in total. The molecule has 0 saturated carbocycles. The van der Waals surface area contributed by atoms with Crippen LogP contribution >= 0.6 is 0 Å². The zero-order chi connectivity index (χ0) is 14.2.